The lowest BCUT2D eigenvalue weighted by atomic mass is 10.1. The number of hydrogen-bond donors (Lipinski definition) is 1. The Balaban J connectivity index is 0.00000117. The molecular formula is C20H24N4O2. The number of aryl methyl sites for hydroxylation is 1. The third-order valence-electron chi connectivity index (χ3n) is 4.26. The predicted octanol–water partition coefficient (Wildman–Crippen LogP) is 2.81. The number of rotatable bonds is 3. The van der Waals surface area contributed by atoms with Crippen molar-refractivity contribution >= 4 is 22.7 Å². The molecule has 1 saturated heterocycles. The summed E-state index contributed by atoms with van der Waals surface area (Å²) in [6.45, 7) is 6.42. The van der Waals surface area contributed by atoms with Gasteiger partial charge in [-0.15, -0.1) is 0 Å². The fourth-order valence-electron chi connectivity index (χ4n) is 3.01. The number of carbonyl (C=O) groups is 2. The molecule has 6 nitrogen and oxygen atoms in total. The molecule has 26 heavy (non-hydrogen) atoms. The van der Waals surface area contributed by atoms with Gasteiger partial charge in [0.05, 0.1) is 23.7 Å². The van der Waals surface area contributed by atoms with Crippen LogP contribution in [0.2, 0.25) is 0 Å². The van der Waals surface area contributed by atoms with Crippen LogP contribution in [0.4, 0.5) is 0 Å². The predicted molar refractivity (Wildman–Crippen MR) is 101 cm³/mol. The Hall–Kier alpha value is -2.94. The van der Waals surface area contributed by atoms with Crippen LogP contribution in [0.1, 0.15) is 42.6 Å². The fraction of sp³-hybridized carbons (Fsp3) is 0.400. The molecule has 1 atom stereocenters. The number of aromatic nitrogens is 1. The lowest BCUT2D eigenvalue weighted by Gasteiger charge is -2.19. The molecule has 1 aliphatic heterocycles. The summed E-state index contributed by atoms with van der Waals surface area (Å²) < 4.78 is 0. The summed E-state index contributed by atoms with van der Waals surface area (Å²) >= 11 is 0. The van der Waals surface area contributed by atoms with Gasteiger partial charge in [-0.1, -0.05) is 25.5 Å². The Morgan fingerprint density at radius 1 is 1.35 bits per heavy atom. The number of carbonyl (C=O) groups excluding carboxylic acids is 2. The van der Waals surface area contributed by atoms with Crippen LogP contribution >= 0.6 is 0 Å². The van der Waals surface area contributed by atoms with E-state index in [4.69, 9.17) is 5.26 Å². The second-order valence-electron chi connectivity index (χ2n) is 5.94. The zero-order valence-electron chi connectivity index (χ0n) is 15.5. The maximum atomic E-state index is 12.5. The highest BCUT2D eigenvalue weighted by Crippen LogP contribution is 2.19. The number of hydrogen-bond acceptors (Lipinski definition) is 4. The first-order valence-corrected chi connectivity index (χ1v) is 8.93. The molecule has 0 bridgehead atoms. The Morgan fingerprint density at radius 2 is 2.12 bits per heavy atom. The standard InChI is InChI=1S/C18H18N4O2.C2H6/c1-12-4-5-16-15(9-12)14(6-7-20-16)18(24)21-11-17(23)22-8-2-3-13(22)10-19;1-2/h4-7,9,13H,2-3,8,11H2,1H3,(H,21,24);1-2H3. The van der Waals surface area contributed by atoms with Crippen molar-refractivity contribution in [3.05, 3.63) is 41.6 Å². The molecule has 2 aromatic rings. The van der Waals surface area contributed by atoms with Gasteiger partial charge in [0, 0.05) is 18.1 Å². The van der Waals surface area contributed by atoms with Crippen LogP contribution in [0.3, 0.4) is 0 Å². The first kappa shape index (κ1) is 19.4. The quantitative estimate of drug-likeness (QED) is 0.920. The van der Waals surface area contributed by atoms with E-state index in [-0.39, 0.29) is 24.4 Å². The van der Waals surface area contributed by atoms with E-state index in [0.717, 1.165) is 22.9 Å². The molecular weight excluding hydrogens is 328 g/mol. The van der Waals surface area contributed by atoms with Gasteiger partial charge >= 0.3 is 0 Å². The number of likely N-dealkylation sites (tertiary alicyclic amines) is 1. The van der Waals surface area contributed by atoms with E-state index >= 15 is 0 Å². The lowest BCUT2D eigenvalue weighted by molar-refractivity contribution is -0.130. The molecule has 1 aromatic carbocycles. The topological polar surface area (TPSA) is 86.1 Å². The van der Waals surface area contributed by atoms with Gasteiger partial charge in [0.25, 0.3) is 5.91 Å². The summed E-state index contributed by atoms with van der Waals surface area (Å²) in [6, 6.07) is 9.12. The molecule has 1 aliphatic rings. The summed E-state index contributed by atoms with van der Waals surface area (Å²) in [5.74, 6) is -0.531. The summed E-state index contributed by atoms with van der Waals surface area (Å²) in [5.41, 5.74) is 2.27. The minimum atomic E-state index is -0.376. The highest BCUT2D eigenvalue weighted by Gasteiger charge is 2.28. The van der Waals surface area contributed by atoms with Crippen LogP contribution in [0.15, 0.2) is 30.5 Å². The maximum Gasteiger partial charge on any atom is 0.252 e. The molecule has 0 spiro atoms. The van der Waals surface area contributed by atoms with Crippen molar-refractivity contribution in [2.45, 2.75) is 39.7 Å². The van der Waals surface area contributed by atoms with Crippen LogP contribution in [0, 0.1) is 18.3 Å². The van der Waals surface area contributed by atoms with Crippen LogP contribution < -0.4 is 5.32 Å². The van der Waals surface area contributed by atoms with E-state index in [1.165, 1.54) is 4.90 Å². The molecule has 0 aliphatic carbocycles. The monoisotopic (exact) mass is 352 g/mol. The third kappa shape index (κ3) is 4.17. The van der Waals surface area contributed by atoms with Crippen LogP contribution in [-0.2, 0) is 4.79 Å². The molecule has 6 heteroatoms. The molecule has 136 valence electrons. The van der Waals surface area contributed by atoms with Crippen LogP contribution in [-0.4, -0.2) is 40.8 Å². The van der Waals surface area contributed by atoms with Crippen LogP contribution in [0.25, 0.3) is 10.9 Å². The second kappa shape index (κ2) is 8.95. The molecule has 0 radical (unpaired) electrons. The number of nitriles is 1. The van der Waals surface area contributed by atoms with E-state index in [9.17, 15) is 9.59 Å². The first-order chi connectivity index (χ1) is 12.6. The normalized spacial score (nSPS) is 15.8. The second-order valence-corrected chi connectivity index (χ2v) is 5.94. The van der Waals surface area contributed by atoms with Crippen molar-refractivity contribution in [1.82, 2.24) is 15.2 Å². The molecule has 1 aromatic heterocycles. The molecule has 1 N–H and O–H groups in total. The molecule has 0 saturated carbocycles. The van der Waals surface area contributed by atoms with E-state index in [0.29, 0.717) is 18.5 Å². The minimum Gasteiger partial charge on any atom is -0.343 e. The minimum absolute atomic E-state index is 0.105. The van der Waals surface area contributed by atoms with Crippen molar-refractivity contribution in [3.63, 3.8) is 0 Å². The molecule has 1 fully saturated rings. The van der Waals surface area contributed by atoms with Crippen molar-refractivity contribution < 1.29 is 9.59 Å². The van der Waals surface area contributed by atoms with E-state index in [1.807, 2.05) is 39.0 Å². The van der Waals surface area contributed by atoms with Crippen molar-refractivity contribution in [3.8, 4) is 6.07 Å². The highest BCUT2D eigenvalue weighted by atomic mass is 16.2. The first-order valence-electron chi connectivity index (χ1n) is 8.93. The number of nitrogens with zero attached hydrogens (tertiary/aromatic N) is 3. The van der Waals surface area contributed by atoms with E-state index < -0.39 is 0 Å². The Bertz CT molecular complexity index is 841. The summed E-state index contributed by atoms with van der Waals surface area (Å²) in [6.07, 6.45) is 3.11. The van der Waals surface area contributed by atoms with E-state index in [2.05, 4.69) is 16.4 Å². The van der Waals surface area contributed by atoms with Gasteiger partial charge in [-0.25, -0.2) is 0 Å². The number of benzene rings is 1. The van der Waals surface area contributed by atoms with Crippen molar-refractivity contribution in [2.75, 3.05) is 13.1 Å². The van der Waals surface area contributed by atoms with Gasteiger partial charge in [-0.3, -0.25) is 14.6 Å². The summed E-state index contributed by atoms with van der Waals surface area (Å²) in [5, 5.41) is 12.5. The van der Waals surface area contributed by atoms with Gasteiger partial charge in [0.1, 0.15) is 6.04 Å². The molecule has 2 amide bonds. The number of pyridine rings is 1. The third-order valence-corrected chi connectivity index (χ3v) is 4.26. The van der Waals surface area contributed by atoms with Gasteiger partial charge in [-0.05, 0) is 38.0 Å². The SMILES string of the molecule is CC.Cc1ccc2nccc(C(=O)NCC(=O)N3CCCC3C#N)c2c1. The van der Waals surface area contributed by atoms with Gasteiger partial charge in [0.15, 0.2) is 0 Å². The Labute approximate surface area is 153 Å². The maximum absolute atomic E-state index is 12.5. The molecule has 3 rings (SSSR count). The van der Waals surface area contributed by atoms with E-state index in [1.54, 1.807) is 12.3 Å². The lowest BCUT2D eigenvalue weighted by Crippen LogP contribution is -2.42. The Kier molecular flexibility index (Phi) is 6.67. The van der Waals surface area contributed by atoms with Gasteiger partial charge < -0.3 is 10.2 Å². The van der Waals surface area contributed by atoms with Gasteiger partial charge in [0.2, 0.25) is 5.91 Å². The zero-order valence-corrected chi connectivity index (χ0v) is 15.5. The fourth-order valence-corrected chi connectivity index (χ4v) is 3.01. The molecule has 2 heterocycles. The smallest absolute Gasteiger partial charge is 0.252 e. The summed E-state index contributed by atoms with van der Waals surface area (Å²) in [7, 11) is 0. The zero-order chi connectivity index (χ0) is 19.1. The Morgan fingerprint density at radius 3 is 2.85 bits per heavy atom. The summed E-state index contributed by atoms with van der Waals surface area (Å²) in [4.78, 5) is 30.5. The van der Waals surface area contributed by atoms with Gasteiger partial charge in [-0.2, -0.15) is 5.26 Å². The average Bonchev–Trinajstić information content (AvgIpc) is 3.15. The number of nitrogens with one attached hydrogen (secondary N) is 1. The average molecular weight is 352 g/mol. The largest absolute Gasteiger partial charge is 0.343 e. The van der Waals surface area contributed by atoms with Crippen LogP contribution in [0.5, 0.6) is 0 Å². The number of amides is 2. The molecule has 1 unspecified atom stereocenters. The highest BCUT2D eigenvalue weighted by molar-refractivity contribution is 6.07. The number of fused-ring (bicyclic) bond motifs is 1. The van der Waals surface area contributed by atoms with Crippen molar-refractivity contribution in [2.24, 2.45) is 0 Å². The van der Waals surface area contributed by atoms with Crippen molar-refractivity contribution in [1.29, 1.82) is 5.26 Å².